The first-order valence-corrected chi connectivity index (χ1v) is 9.92. The molecule has 1 aliphatic heterocycles. The van der Waals surface area contributed by atoms with Gasteiger partial charge in [0.1, 0.15) is 6.10 Å². The van der Waals surface area contributed by atoms with Gasteiger partial charge in [-0.15, -0.1) is 0 Å². The van der Waals surface area contributed by atoms with Gasteiger partial charge in [0.15, 0.2) is 11.6 Å². The van der Waals surface area contributed by atoms with E-state index in [9.17, 15) is 14.3 Å². The van der Waals surface area contributed by atoms with Crippen LogP contribution in [0, 0.1) is 12.7 Å². The topological polar surface area (TPSA) is 62.7 Å². The van der Waals surface area contributed by atoms with Crippen LogP contribution in [0.1, 0.15) is 33.5 Å². The normalized spacial score (nSPS) is 16.0. The minimum Gasteiger partial charge on any atom is -0.470 e. The second-order valence-corrected chi connectivity index (χ2v) is 7.46. The maximum absolute atomic E-state index is 13.8. The maximum Gasteiger partial charge on any atom is 0.250 e. The Balaban J connectivity index is 1.50. The van der Waals surface area contributed by atoms with Gasteiger partial charge in [0.05, 0.1) is 13.2 Å². The molecule has 1 saturated heterocycles. The smallest absolute Gasteiger partial charge is 0.250 e. The summed E-state index contributed by atoms with van der Waals surface area (Å²) in [6.45, 7) is 3.05. The Hall–Kier alpha value is -3.25. The van der Waals surface area contributed by atoms with Crippen LogP contribution < -0.4 is 9.64 Å². The number of aryl methyl sites for hydroxylation is 1. The fourth-order valence-corrected chi connectivity index (χ4v) is 3.69. The molecule has 30 heavy (non-hydrogen) atoms. The molecule has 154 valence electrons. The SMILES string of the molecule is Cc1ccc(C(=O)c2ccc(N3CC[C@H](Oc4ncccc4F)C3)c(CO)c2)cc1. The van der Waals surface area contributed by atoms with Crippen LogP contribution in [-0.4, -0.2) is 35.1 Å². The summed E-state index contributed by atoms with van der Waals surface area (Å²) in [7, 11) is 0. The Morgan fingerprint density at radius 3 is 2.70 bits per heavy atom. The summed E-state index contributed by atoms with van der Waals surface area (Å²) in [5.41, 5.74) is 3.77. The number of hydrogen-bond acceptors (Lipinski definition) is 5. The van der Waals surface area contributed by atoms with Crippen molar-refractivity contribution in [2.75, 3.05) is 18.0 Å². The zero-order chi connectivity index (χ0) is 21.1. The quantitative estimate of drug-likeness (QED) is 0.629. The van der Waals surface area contributed by atoms with Crippen LogP contribution in [-0.2, 0) is 6.61 Å². The number of benzene rings is 2. The van der Waals surface area contributed by atoms with Crippen molar-refractivity contribution in [2.24, 2.45) is 0 Å². The Morgan fingerprint density at radius 1 is 1.20 bits per heavy atom. The van der Waals surface area contributed by atoms with E-state index < -0.39 is 5.82 Å². The van der Waals surface area contributed by atoms with Crippen LogP contribution in [0.5, 0.6) is 5.88 Å². The van der Waals surface area contributed by atoms with Crippen LogP contribution in [0.4, 0.5) is 10.1 Å². The average Bonchev–Trinajstić information content (AvgIpc) is 3.23. The number of anilines is 1. The van der Waals surface area contributed by atoms with Gasteiger partial charge in [0.25, 0.3) is 5.88 Å². The molecule has 1 fully saturated rings. The van der Waals surface area contributed by atoms with Crippen LogP contribution in [0.2, 0.25) is 0 Å². The molecule has 2 aromatic carbocycles. The molecule has 0 unspecified atom stereocenters. The van der Waals surface area contributed by atoms with Gasteiger partial charge < -0.3 is 14.7 Å². The van der Waals surface area contributed by atoms with E-state index in [2.05, 4.69) is 9.88 Å². The molecule has 0 amide bonds. The molecule has 1 aromatic heterocycles. The zero-order valence-electron chi connectivity index (χ0n) is 16.7. The van der Waals surface area contributed by atoms with Crippen LogP contribution >= 0.6 is 0 Å². The van der Waals surface area contributed by atoms with Crippen molar-refractivity contribution in [3.05, 3.63) is 88.9 Å². The van der Waals surface area contributed by atoms with E-state index >= 15 is 0 Å². The van der Waals surface area contributed by atoms with E-state index in [4.69, 9.17) is 4.74 Å². The highest BCUT2D eigenvalue weighted by atomic mass is 19.1. The molecule has 1 N–H and O–H groups in total. The lowest BCUT2D eigenvalue weighted by molar-refractivity contribution is 0.103. The molecule has 0 bridgehead atoms. The largest absolute Gasteiger partial charge is 0.470 e. The van der Waals surface area contributed by atoms with Crippen molar-refractivity contribution in [3.8, 4) is 5.88 Å². The number of pyridine rings is 1. The second kappa shape index (κ2) is 8.63. The summed E-state index contributed by atoms with van der Waals surface area (Å²) < 4.78 is 19.5. The van der Waals surface area contributed by atoms with E-state index in [-0.39, 0.29) is 24.4 Å². The van der Waals surface area contributed by atoms with Gasteiger partial charge in [-0.1, -0.05) is 29.8 Å². The van der Waals surface area contributed by atoms with E-state index in [1.165, 1.54) is 18.3 Å². The van der Waals surface area contributed by atoms with Gasteiger partial charge in [-0.3, -0.25) is 4.79 Å². The Kier molecular flexibility index (Phi) is 5.77. The van der Waals surface area contributed by atoms with Gasteiger partial charge in [0.2, 0.25) is 0 Å². The second-order valence-electron chi connectivity index (χ2n) is 7.46. The van der Waals surface area contributed by atoms with Crippen LogP contribution in [0.25, 0.3) is 0 Å². The summed E-state index contributed by atoms with van der Waals surface area (Å²) in [6, 6.07) is 15.7. The summed E-state index contributed by atoms with van der Waals surface area (Å²) in [5, 5.41) is 9.90. The fraction of sp³-hybridized carbons (Fsp3) is 0.250. The molecule has 3 aromatic rings. The number of aromatic nitrogens is 1. The minimum absolute atomic E-state index is 0.00535. The number of ketones is 1. The molecular formula is C24H23FN2O3. The average molecular weight is 406 g/mol. The monoisotopic (exact) mass is 406 g/mol. The lowest BCUT2D eigenvalue weighted by Gasteiger charge is -2.22. The molecule has 4 rings (SSSR count). The van der Waals surface area contributed by atoms with Crippen molar-refractivity contribution in [1.29, 1.82) is 0 Å². The molecule has 2 heterocycles. The third kappa shape index (κ3) is 4.19. The first-order chi connectivity index (χ1) is 14.5. The molecule has 0 aliphatic carbocycles. The summed E-state index contributed by atoms with van der Waals surface area (Å²) >= 11 is 0. The summed E-state index contributed by atoms with van der Waals surface area (Å²) in [6.07, 6.45) is 2.01. The number of carbonyl (C=O) groups is 1. The molecule has 1 aliphatic rings. The number of rotatable bonds is 6. The first-order valence-electron chi connectivity index (χ1n) is 9.92. The van der Waals surface area contributed by atoms with Crippen LogP contribution in [0.3, 0.4) is 0 Å². The Morgan fingerprint density at radius 2 is 1.97 bits per heavy atom. The highest BCUT2D eigenvalue weighted by molar-refractivity contribution is 6.09. The predicted molar refractivity (Wildman–Crippen MR) is 112 cm³/mol. The van der Waals surface area contributed by atoms with Crippen molar-refractivity contribution < 1.29 is 19.0 Å². The maximum atomic E-state index is 13.8. The van der Waals surface area contributed by atoms with Gasteiger partial charge in [-0.05, 0) is 37.3 Å². The number of ether oxygens (including phenoxy) is 1. The molecule has 0 radical (unpaired) electrons. The summed E-state index contributed by atoms with van der Waals surface area (Å²) in [4.78, 5) is 18.8. The Bertz CT molecular complexity index is 1050. The highest BCUT2D eigenvalue weighted by Crippen LogP contribution is 2.28. The van der Waals surface area contributed by atoms with Gasteiger partial charge >= 0.3 is 0 Å². The summed E-state index contributed by atoms with van der Waals surface area (Å²) in [5.74, 6) is -0.554. The molecule has 5 nitrogen and oxygen atoms in total. The fourth-order valence-electron chi connectivity index (χ4n) is 3.69. The van der Waals surface area contributed by atoms with E-state index in [0.717, 1.165) is 11.3 Å². The highest BCUT2D eigenvalue weighted by Gasteiger charge is 2.27. The number of aliphatic hydroxyl groups excluding tert-OH is 1. The Labute approximate surface area is 174 Å². The number of hydrogen-bond donors (Lipinski definition) is 1. The van der Waals surface area contributed by atoms with Gasteiger partial charge in [0, 0.05) is 41.5 Å². The third-order valence-electron chi connectivity index (χ3n) is 5.31. The van der Waals surface area contributed by atoms with Crippen LogP contribution in [0.15, 0.2) is 60.8 Å². The number of carbonyl (C=O) groups excluding carboxylic acids is 1. The van der Waals surface area contributed by atoms with E-state index in [0.29, 0.717) is 36.2 Å². The molecule has 6 heteroatoms. The minimum atomic E-state index is -0.481. The van der Waals surface area contributed by atoms with Crippen molar-refractivity contribution in [3.63, 3.8) is 0 Å². The van der Waals surface area contributed by atoms with E-state index in [1.54, 1.807) is 12.1 Å². The van der Waals surface area contributed by atoms with Crippen molar-refractivity contribution >= 4 is 11.5 Å². The van der Waals surface area contributed by atoms with Crippen molar-refractivity contribution in [1.82, 2.24) is 4.98 Å². The molecule has 0 saturated carbocycles. The number of halogens is 1. The third-order valence-corrected chi connectivity index (χ3v) is 5.31. The van der Waals surface area contributed by atoms with Gasteiger partial charge in [-0.2, -0.15) is 0 Å². The van der Waals surface area contributed by atoms with Crippen molar-refractivity contribution in [2.45, 2.75) is 26.1 Å². The first kappa shape index (κ1) is 20.0. The molecular weight excluding hydrogens is 383 g/mol. The lowest BCUT2D eigenvalue weighted by Crippen LogP contribution is -2.26. The number of nitrogens with zero attached hydrogens (tertiary/aromatic N) is 2. The molecule has 0 spiro atoms. The zero-order valence-corrected chi connectivity index (χ0v) is 16.7. The predicted octanol–water partition coefficient (Wildman–Crippen LogP) is 3.91. The number of aliphatic hydroxyl groups is 1. The van der Waals surface area contributed by atoms with E-state index in [1.807, 2.05) is 37.3 Å². The molecule has 1 atom stereocenters. The lowest BCUT2D eigenvalue weighted by atomic mass is 9.99. The van der Waals surface area contributed by atoms with Gasteiger partial charge in [-0.25, -0.2) is 9.37 Å². The standard InChI is InChI=1S/C24H23FN2O3/c1-16-4-6-17(7-5-16)23(29)18-8-9-22(19(13-18)15-28)27-12-10-20(14-27)30-24-21(25)3-2-11-26-24/h2-9,11,13,20,28H,10,12,14-15H2,1H3/t20-/m0/s1.